The highest BCUT2D eigenvalue weighted by molar-refractivity contribution is 5.90. The summed E-state index contributed by atoms with van der Waals surface area (Å²) in [6, 6.07) is 22.4. The van der Waals surface area contributed by atoms with Gasteiger partial charge in [0.15, 0.2) is 0 Å². The zero-order valence-corrected chi connectivity index (χ0v) is 17.0. The van der Waals surface area contributed by atoms with Gasteiger partial charge in [0, 0.05) is 11.0 Å². The Morgan fingerprint density at radius 3 is 2.43 bits per heavy atom. The van der Waals surface area contributed by atoms with Crippen LogP contribution in [0.2, 0.25) is 0 Å². The van der Waals surface area contributed by atoms with Gasteiger partial charge in [0.05, 0.1) is 23.6 Å². The number of esters is 1. The summed E-state index contributed by atoms with van der Waals surface area (Å²) in [6.45, 7) is 4.23. The standard InChI is InChI=1S/C25H21NO4/c1-25(2,18-10-5-4-6-11-18)19-12-13-21-20(15-19)24(28)30-22(26-21)16-8-7-9-17(14-16)23(27)29-3/h4-15H,1-3H3. The van der Waals surface area contributed by atoms with Gasteiger partial charge in [-0.1, -0.05) is 56.3 Å². The van der Waals surface area contributed by atoms with Crippen LogP contribution >= 0.6 is 0 Å². The molecule has 0 spiro atoms. The molecule has 0 N–H and O–H groups in total. The first-order valence-electron chi connectivity index (χ1n) is 9.60. The van der Waals surface area contributed by atoms with Gasteiger partial charge in [-0.15, -0.1) is 0 Å². The molecule has 0 bridgehead atoms. The highest BCUT2D eigenvalue weighted by Gasteiger charge is 2.24. The Balaban J connectivity index is 1.79. The molecule has 0 unspecified atom stereocenters. The largest absolute Gasteiger partial charge is 0.465 e. The number of benzene rings is 3. The molecule has 4 aromatic rings. The molecular weight excluding hydrogens is 378 g/mol. The Morgan fingerprint density at radius 2 is 1.70 bits per heavy atom. The summed E-state index contributed by atoms with van der Waals surface area (Å²) >= 11 is 0. The first-order chi connectivity index (χ1) is 14.4. The van der Waals surface area contributed by atoms with Crippen LogP contribution in [0.1, 0.15) is 35.3 Å². The van der Waals surface area contributed by atoms with Crippen molar-refractivity contribution < 1.29 is 13.9 Å². The molecule has 0 saturated carbocycles. The summed E-state index contributed by atoms with van der Waals surface area (Å²) in [5.74, 6) is -0.305. The van der Waals surface area contributed by atoms with Crippen molar-refractivity contribution in [2.75, 3.05) is 7.11 Å². The van der Waals surface area contributed by atoms with E-state index in [9.17, 15) is 9.59 Å². The van der Waals surface area contributed by atoms with Gasteiger partial charge in [-0.3, -0.25) is 0 Å². The lowest BCUT2D eigenvalue weighted by Gasteiger charge is -2.26. The Bertz CT molecular complexity index is 1290. The first kappa shape index (κ1) is 19.6. The molecule has 0 aliphatic carbocycles. The maximum Gasteiger partial charge on any atom is 0.347 e. The van der Waals surface area contributed by atoms with Crippen LogP contribution in [0.3, 0.4) is 0 Å². The van der Waals surface area contributed by atoms with Crippen molar-refractivity contribution in [3.8, 4) is 11.5 Å². The molecule has 0 aliphatic rings. The summed E-state index contributed by atoms with van der Waals surface area (Å²) < 4.78 is 10.3. The van der Waals surface area contributed by atoms with Gasteiger partial charge in [0.1, 0.15) is 0 Å². The molecule has 0 aliphatic heterocycles. The summed E-state index contributed by atoms with van der Waals surface area (Å²) in [6.07, 6.45) is 0. The second-order valence-electron chi connectivity index (χ2n) is 7.60. The molecule has 0 amide bonds. The molecule has 150 valence electrons. The highest BCUT2D eigenvalue weighted by Crippen LogP contribution is 2.32. The van der Waals surface area contributed by atoms with E-state index >= 15 is 0 Å². The molecule has 0 atom stereocenters. The number of hydrogen-bond donors (Lipinski definition) is 0. The fourth-order valence-corrected chi connectivity index (χ4v) is 3.50. The average molecular weight is 399 g/mol. The van der Waals surface area contributed by atoms with Gasteiger partial charge in [-0.2, -0.15) is 0 Å². The summed E-state index contributed by atoms with van der Waals surface area (Å²) in [5, 5.41) is 0.421. The Kier molecular flexibility index (Phi) is 4.96. The second-order valence-corrected chi connectivity index (χ2v) is 7.60. The number of carbonyl (C=O) groups is 1. The van der Waals surface area contributed by atoms with E-state index < -0.39 is 11.6 Å². The molecule has 1 aromatic heterocycles. The van der Waals surface area contributed by atoms with Gasteiger partial charge >= 0.3 is 11.6 Å². The van der Waals surface area contributed by atoms with Crippen LogP contribution < -0.4 is 5.63 Å². The van der Waals surface area contributed by atoms with Crippen molar-refractivity contribution >= 4 is 16.9 Å². The Labute approximate surface area is 174 Å². The minimum atomic E-state index is -0.468. The molecule has 5 heteroatoms. The molecule has 30 heavy (non-hydrogen) atoms. The van der Waals surface area contributed by atoms with Crippen LogP contribution in [0.15, 0.2) is 82.0 Å². The van der Waals surface area contributed by atoms with Gasteiger partial charge in [-0.25, -0.2) is 14.6 Å². The number of ether oxygens (including phenoxy) is 1. The minimum Gasteiger partial charge on any atom is -0.465 e. The predicted molar refractivity (Wildman–Crippen MR) is 116 cm³/mol. The third-order valence-electron chi connectivity index (χ3n) is 5.38. The number of carbonyl (C=O) groups excluding carboxylic acids is 1. The second kappa shape index (κ2) is 7.59. The fourth-order valence-electron chi connectivity index (χ4n) is 3.50. The smallest absolute Gasteiger partial charge is 0.347 e. The van der Waals surface area contributed by atoms with E-state index in [1.54, 1.807) is 24.3 Å². The molecule has 3 aromatic carbocycles. The van der Waals surface area contributed by atoms with Crippen molar-refractivity contribution in [3.63, 3.8) is 0 Å². The van der Waals surface area contributed by atoms with E-state index in [1.807, 2.05) is 36.4 Å². The number of hydrogen-bond acceptors (Lipinski definition) is 5. The average Bonchev–Trinajstić information content (AvgIpc) is 2.79. The summed E-state index contributed by atoms with van der Waals surface area (Å²) in [4.78, 5) is 29.1. The zero-order chi connectivity index (χ0) is 21.3. The van der Waals surface area contributed by atoms with E-state index in [4.69, 9.17) is 9.15 Å². The van der Waals surface area contributed by atoms with E-state index in [0.29, 0.717) is 22.0 Å². The lowest BCUT2D eigenvalue weighted by Crippen LogP contribution is -2.19. The minimum absolute atomic E-state index is 0.160. The topological polar surface area (TPSA) is 69.4 Å². The first-order valence-corrected chi connectivity index (χ1v) is 9.60. The van der Waals surface area contributed by atoms with Crippen molar-refractivity contribution in [3.05, 3.63) is 99.9 Å². The quantitative estimate of drug-likeness (QED) is 0.453. The van der Waals surface area contributed by atoms with E-state index in [2.05, 4.69) is 31.0 Å². The normalized spacial score (nSPS) is 11.4. The van der Waals surface area contributed by atoms with E-state index in [-0.39, 0.29) is 11.3 Å². The van der Waals surface area contributed by atoms with Gasteiger partial charge in [-0.05, 0) is 41.5 Å². The number of methoxy groups -OCH3 is 1. The maximum atomic E-state index is 12.8. The van der Waals surface area contributed by atoms with Crippen LogP contribution in [-0.4, -0.2) is 18.1 Å². The predicted octanol–water partition coefficient (Wildman–Crippen LogP) is 4.97. The number of fused-ring (bicyclic) bond motifs is 1. The SMILES string of the molecule is COC(=O)c1cccc(-c2nc3ccc(C(C)(C)c4ccccc4)cc3c(=O)o2)c1. The summed E-state index contributed by atoms with van der Waals surface area (Å²) in [5.41, 5.74) is 2.83. The molecule has 0 saturated heterocycles. The van der Waals surface area contributed by atoms with Crippen molar-refractivity contribution in [2.45, 2.75) is 19.3 Å². The maximum absolute atomic E-state index is 12.8. The molecule has 5 nitrogen and oxygen atoms in total. The third-order valence-corrected chi connectivity index (χ3v) is 5.38. The monoisotopic (exact) mass is 399 g/mol. The summed E-state index contributed by atoms with van der Waals surface area (Å²) in [7, 11) is 1.32. The number of rotatable bonds is 4. The van der Waals surface area contributed by atoms with Crippen LogP contribution in [0.25, 0.3) is 22.4 Å². The lowest BCUT2D eigenvalue weighted by molar-refractivity contribution is 0.0601. The van der Waals surface area contributed by atoms with Gasteiger partial charge < -0.3 is 9.15 Å². The van der Waals surface area contributed by atoms with Crippen LogP contribution in [-0.2, 0) is 10.2 Å². The number of aromatic nitrogens is 1. The van der Waals surface area contributed by atoms with Gasteiger partial charge in [0.25, 0.3) is 0 Å². The Morgan fingerprint density at radius 1 is 0.933 bits per heavy atom. The third kappa shape index (κ3) is 3.50. The van der Waals surface area contributed by atoms with Crippen LogP contribution in [0.5, 0.6) is 0 Å². The van der Waals surface area contributed by atoms with Crippen molar-refractivity contribution in [1.82, 2.24) is 4.98 Å². The number of nitrogens with zero attached hydrogens (tertiary/aromatic N) is 1. The highest BCUT2D eigenvalue weighted by atomic mass is 16.5. The van der Waals surface area contributed by atoms with Crippen LogP contribution in [0.4, 0.5) is 0 Å². The Hall–Kier alpha value is -3.73. The van der Waals surface area contributed by atoms with E-state index in [0.717, 1.165) is 11.1 Å². The molecular formula is C25H21NO4. The molecule has 1 heterocycles. The van der Waals surface area contributed by atoms with E-state index in [1.165, 1.54) is 7.11 Å². The lowest BCUT2D eigenvalue weighted by atomic mass is 9.78. The fraction of sp³-hybridized carbons (Fsp3) is 0.160. The molecule has 4 rings (SSSR count). The van der Waals surface area contributed by atoms with Crippen molar-refractivity contribution in [2.24, 2.45) is 0 Å². The molecule has 0 fully saturated rings. The van der Waals surface area contributed by atoms with Gasteiger partial charge in [0.2, 0.25) is 5.89 Å². The van der Waals surface area contributed by atoms with Crippen LogP contribution in [0, 0.1) is 0 Å². The molecule has 0 radical (unpaired) electrons. The van der Waals surface area contributed by atoms with Crippen molar-refractivity contribution in [1.29, 1.82) is 0 Å². The zero-order valence-electron chi connectivity index (χ0n) is 17.0.